The van der Waals surface area contributed by atoms with Crippen LogP contribution in [0.3, 0.4) is 0 Å². The predicted octanol–water partition coefficient (Wildman–Crippen LogP) is 3.99. The summed E-state index contributed by atoms with van der Waals surface area (Å²) in [5, 5.41) is 12.5. The van der Waals surface area contributed by atoms with Crippen LogP contribution in [-0.4, -0.2) is 48.5 Å². The fraction of sp³-hybridized carbons (Fsp3) is 0.250. The van der Waals surface area contributed by atoms with E-state index < -0.39 is 5.82 Å². The van der Waals surface area contributed by atoms with Gasteiger partial charge in [-0.25, -0.2) is 24.0 Å². The molecule has 5 aromatic rings. The molecular weight excluding hydrogens is 497 g/mol. The van der Waals surface area contributed by atoms with Gasteiger partial charge in [-0.2, -0.15) is 10.1 Å². The second-order valence-electron chi connectivity index (χ2n) is 8.43. The highest BCUT2D eigenvalue weighted by Crippen LogP contribution is 2.41. The van der Waals surface area contributed by atoms with E-state index in [9.17, 15) is 4.39 Å². The maximum absolute atomic E-state index is 13.2. The number of hydrogen-bond acceptors (Lipinski definition) is 11. The lowest BCUT2D eigenvalue weighted by molar-refractivity contribution is 0.387. The largest absolute Gasteiger partial charge is 0.497 e. The molecule has 11 nitrogen and oxygen atoms in total. The van der Waals surface area contributed by atoms with Crippen LogP contribution in [0.25, 0.3) is 11.3 Å². The fourth-order valence-corrected chi connectivity index (χ4v) is 5.19. The number of benzene rings is 1. The summed E-state index contributed by atoms with van der Waals surface area (Å²) in [5.41, 5.74) is 2.84. The number of halogens is 1. The van der Waals surface area contributed by atoms with Gasteiger partial charge in [0.1, 0.15) is 11.6 Å². The predicted molar refractivity (Wildman–Crippen MR) is 134 cm³/mol. The van der Waals surface area contributed by atoms with Crippen LogP contribution in [0.15, 0.2) is 47.4 Å². The molecule has 13 heteroatoms. The van der Waals surface area contributed by atoms with Crippen LogP contribution < -0.4 is 15.0 Å². The van der Waals surface area contributed by atoms with Gasteiger partial charge in [0.2, 0.25) is 11.8 Å². The molecule has 0 atom stereocenters. The Labute approximate surface area is 215 Å². The average Bonchev–Trinajstić information content (AvgIpc) is 3.60. The first-order valence-corrected chi connectivity index (χ1v) is 12.3. The topological polar surface area (TPSA) is 120 Å². The summed E-state index contributed by atoms with van der Waals surface area (Å²) >= 11 is 1.52. The molecular formula is C24H22FN9O2S. The van der Waals surface area contributed by atoms with E-state index in [0.717, 1.165) is 52.1 Å². The van der Waals surface area contributed by atoms with Gasteiger partial charge in [0, 0.05) is 24.8 Å². The molecule has 0 fully saturated rings. The summed E-state index contributed by atoms with van der Waals surface area (Å²) in [5.74, 6) is 2.65. The molecule has 1 aromatic carbocycles. The van der Waals surface area contributed by atoms with Gasteiger partial charge >= 0.3 is 0 Å². The number of anilines is 3. The fourth-order valence-electron chi connectivity index (χ4n) is 4.23. The maximum atomic E-state index is 13.2. The molecule has 1 aliphatic heterocycles. The van der Waals surface area contributed by atoms with E-state index >= 15 is 0 Å². The van der Waals surface area contributed by atoms with Gasteiger partial charge in [-0.3, -0.25) is 0 Å². The SMILES string of the molecule is COc1ccc(Cn2ncc3c2N(Cc2noc(C)n2)CCc2sc(Nc4ncc(F)cn4)nc2-3)cc1. The van der Waals surface area contributed by atoms with Crippen molar-refractivity contribution in [3.8, 4) is 17.0 Å². The van der Waals surface area contributed by atoms with E-state index in [1.165, 1.54) is 11.3 Å². The first kappa shape index (κ1) is 23.0. The molecule has 0 unspecified atom stereocenters. The van der Waals surface area contributed by atoms with Crippen molar-refractivity contribution < 1.29 is 13.7 Å². The second kappa shape index (κ2) is 9.58. The number of nitrogens with zero attached hydrogens (tertiary/aromatic N) is 8. The van der Waals surface area contributed by atoms with Gasteiger partial charge < -0.3 is 19.5 Å². The molecule has 0 saturated carbocycles. The molecule has 0 bridgehead atoms. The Morgan fingerprint density at radius 1 is 1.11 bits per heavy atom. The molecule has 1 N–H and O–H groups in total. The van der Waals surface area contributed by atoms with E-state index in [1.54, 1.807) is 14.0 Å². The van der Waals surface area contributed by atoms with E-state index in [0.29, 0.717) is 36.5 Å². The average molecular weight is 520 g/mol. The summed E-state index contributed by atoms with van der Waals surface area (Å²) in [7, 11) is 1.65. The molecule has 0 spiro atoms. The molecule has 0 amide bonds. The van der Waals surface area contributed by atoms with Crippen molar-refractivity contribution in [2.75, 3.05) is 23.9 Å². The summed E-state index contributed by atoms with van der Waals surface area (Å²) in [4.78, 5) is 20.5. The number of rotatable bonds is 7. The molecule has 0 radical (unpaired) electrons. The third kappa shape index (κ3) is 4.72. The minimum Gasteiger partial charge on any atom is -0.497 e. The third-order valence-corrected chi connectivity index (χ3v) is 6.94. The zero-order valence-corrected chi connectivity index (χ0v) is 20.9. The van der Waals surface area contributed by atoms with Crippen molar-refractivity contribution in [3.63, 3.8) is 0 Å². The maximum Gasteiger partial charge on any atom is 0.229 e. The third-order valence-electron chi connectivity index (χ3n) is 5.90. The molecule has 6 rings (SSSR count). The molecule has 188 valence electrons. The summed E-state index contributed by atoms with van der Waals surface area (Å²) in [6.07, 6.45) is 4.84. The van der Waals surface area contributed by atoms with Crippen molar-refractivity contribution >= 4 is 28.2 Å². The number of ether oxygens (including phenoxy) is 1. The summed E-state index contributed by atoms with van der Waals surface area (Å²) < 4.78 is 25.7. The number of methoxy groups -OCH3 is 1. The molecule has 5 heterocycles. The van der Waals surface area contributed by atoms with Crippen LogP contribution in [-0.2, 0) is 19.5 Å². The smallest absolute Gasteiger partial charge is 0.229 e. The minimum atomic E-state index is -0.494. The van der Waals surface area contributed by atoms with Crippen LogP contribution >= 0.6 is 11.3 Å². The Morgan fingerprint density at radius 2 is 1.92 bits per heavy atom. The van der Waals surface area contributed by atoms with E-state index in [4.69, 9.17) is 19.3 Å². The monoisotopic (exact) mass is 519 g/mol. The first-order chi connectivity index (χ1) is 18.1. The minimum absolute atomic E-state index is 0.287. The van der Waals surface area contributed by atoms with Gasteiger partial charge in [0.05, 0.1) is 50.0 Å². The van der Waals surface area contributed by atoms with Gasteiger partial charge in [0.15, 0.2) is 16.8 Å². The lowest BCUT2D eigenvalue weighted by Gasteiger charge is -2.23. The van der Waals surface area contributed by atoms with E-state index in [2.05, 4.69) is 30.3 Å². The van der Waals surface area contributed by atoms with Crippen LogP contribution in [0, 0.1) is 12.7 Å². The number of thiazole rings is 1. The van der Waals surface area contributed by atoms with Gasteiger partial charge in [0.25, 0.3) is 0 Å². The standard InChI is InChI=1S/C24H22FN9O2S/c1-14-29-20(32-36-14)13-33-8-7-19-21(30-24(37-19)31-23-26-9-16(25)10-27-23)18-11-28-34(22(18)33)12-15-3-5-17(35-2)6-4-15/h3-6,9-11H,7-8,12-13H2,1-2H3,(H,26,27,30,31). The first-order valence-electron chi connectivity index (χ1n) is 11.5. The van der Waals surface area contributed by atoms with Crippen LogP contribution in [0.1, 0.15) is 22.2 Å². The zero-order chi connectivity index (χ0) is 25.4. The van der Waals surface area contributed by atoms with Crippen LogP contribution in [0.2, 0.25) is 0 Å². The normalized spacial score (nSPS) is 12.7. The molecule has 0 aliphatic carbocycles. The Hall–Kier alpha value is -4.39. The van der Waals surface area contributed by atoms with E-state index in [-0.39, 0.29) is 5.95 Å². The number of fused-ring (bicyclic) bond motifs is 3. The van der Waals surface area contributed by atoms with Crippen LogP contribution in [0.4, 0.5) is 21.3 Å². The lowest BCUT2D eigenvalue weighted by atomic mass is 10.2. The van der Waals surface area contributed by atoms with Gasteiger partial charge in [-0.15, -0.1) is 11.3 Å². The summed E-state index contributed by atoms with van der Waals surface area (Å²) in [6, 6.07) is 7.92. The van der Waals surface area contributed by atoms with Crippen molar-refractivity contribution in [1.29, 1.82) is 0 Å². The highest BCUT2D eigenvalue weighted by atomic mass is 32.1. The number of nitrogens with one attached hydrogen (secondary N) is 1. The van der Waals surface area contributed by atoms with E-state index in [1.807, 2.05) is 35.1 Å². The van der Waals surface area contributed by atoms with Gasteiger partial charge in [-0.1, -0.05) is 17.3 Å². The van der Waals surface area contributed by atoms with Crippen molar-refractivity contribution in [1.82, 2.24) is 34.9 Å². The Morgan fingerprint density at radius 3 is 2.65 bits per heavy atom. The molecule has 4 aromatic heterocycles. The highest BCUT2D eigenvalue weighted by Gasteiger charge is 2.29. The highest BCUT2D eigenvalue weighted by molar-refractivity contribution is 7.16. The Kier molecular flexibility index (Phi) is 5.96. The lowest BCUT2D eigenvalue weighted by Crippen LogP contribution is -2.28. The molecule has 0 saturated heterocycles. The Balaban J connectivity index is 1.36. The number of hydrogen-bond donors (Lipinski definition) is 1. The number of aromatic nitrogens is 7. The molecule has 37 heavy (non-hydrogen) atoms. The van der Waals surface area contributed by atoms with Gasteiger partial charge in [-0.05, 0) is 17.7 Å². The zero-order valence-electron chi connectivity index (χ0n) is 20.1. The Bertz CT molecular complexity index is 1530. The number of aryl methyl sites for hydroxylation is 1. The van der Waals surface area contributed by atoms with Crippen molar-refractivity contribution in [2.45, 2.75) is 26.4 Å². The van der Waals surface area contributed by atoms with Crippen molar-refractivity contribution in [3.05, 3.63) is 70.8 Å². The van der Waals surface area contributed by atoms with Crippen LogP contribution in [0.5, 0.6) is 5.75 Å². The van der Waals surface area contributed by atoms with Crippen molar-refractivity contribution in [2.24, 2.45) is 0 Å². The second-order valence-corrected chi connectivity index (χ2v) is 9.51. The molecule has 1 aliphatic rings. The quantitative estimate of drug-likeness (QED) is 0.338. The summed E-state index contributed by atoms with van der Waals surface area (Å²) in [6.45, 7) is 3.52.